The van der Waals surface area contributed by atoms with Crippen molar-refractivity contribution in [3.05, 3.63) is 29.8 Å². The fourth-order valence-corrected chi connectivity index (χ4v) is 3.96. The topological polar surface area (TPSA) is 60.4 Å². The molecule has 0 aromatic heterocycles. The maximum absolute atomic E-state index is 12.4. The van der Waals surface area contributed by atoms with Crippen LogP contribution >= 0.6 is 0 Å². The van der Waals surface area contributed by atoms with Crippen LogP contribution < -0.4 is 4.74 Å². The summed E-state index contributed by atoms with van der Waals surface area (Å²) in [4.78, 5) is 37.0. The summed E-state index contributed by atoms with van der Waals surface area (Å²) in [6, 6.07) is 7.86. The van der Waals surface area contributed by atoms with Crippen molar-refractivity contribution in [3.63, 3.8) is 0 Å². The zero-order valence-electron chi connectivity index (χ0n) is 16.2. The molecule has 4 nitrogen and oxygen atoms in total. The van der Waals surface area contributed by atoms with Crippen LogP contribution in [0, 0.1) is 11.3 Å². The van der Waals surface area contributed by atoms with Gasteiger partial charge in [0.05, 0.1) is 12.5 Å². The third-order valence-corrected chi connectivity index (χ3v) is 5.29. The molecule has 0 amide bonds. The van der Waals surface area contributed by atoms with E-state index in [4.69, 9.17) is 4.74 Å². The summed E-state index contributed by atoms with van der Waals surface area (Å²) in [6.07, 6.45) is 4.04. The van der Waals surface area contributed by atoms with Gasteiger partial charge in [-0.1, -0.05) is 26.0 Å². The molecule has 142 valence electrons. The SMILES string of the molecule is COc1cccc(CCCC(=O)CCC2(CC(C)C)C(=O)CCC2=O)c1. The third kappa shape index (κ3) is 5.03. The molecule has 1 aromatic rings. The molecular weight excluding hydrogens is 328 g/mol. The molecule has 0 N–H and O–H groups in total. The standard InChI is InChI=1S/C22H30O4/c1-16(2)15-22(20(24)10-11-21(22)25)13-12-18(23)8-4-6-17-7-5-9-19(14-17)26-3/h5,7,9,14,16H,4,6,8,10-13,15H2,1-3H3. The van der Waals surface area contributed by atoms with Crippen molar-refractivity contribution in [2.24, 2.45) is 11.3 Å². The van der Waals surface area contributed by atoms with Gasteiger partial charge in [-0.25, -0.2) is 0 Å². The van der Waals surface area contributed by atoms with Crippen LogP contribution in [0.5, 0.6) is 5.75 Å². The zero-order valence-corrected chi connectivity index (χ0v) is 16.2. The molecule has 4 heteroatoms. The van der Waals surface area contributed by atoms with E-state index >= 15 is 0 Å². The first-order valence-electron chi connectivity index (χ1n) is 9.58. The number of methoxy groups -OCH3 is 1. The largest absolute Gasteiger partial charge is 0.497 e. The van der Waals surface area contributed by atoms with Gasteiger partial charge in [-0.15, -0.1) is 0 Å². The molecule has 0 radical (unpaired) electrons. The molecule has 0 bridgehead atoms. The Morgan fingerprint density at radius 1 is 1.15 bits per heavy atom. The third-order valence-electron chi connectivity index (χ3n) is 5.29. The van der Waals surface area contributed by atoms with Crippen molar-refractivity contribution in [1.82, 2.24) is 0 Å². The number of Topliss-reactive ketones (excluding diaryl/α,β-unsaturated/α-hetero) is 3. The van der Waals surface area contributed by atoms with Gasteiger partial charge in [0.1, 0.15) is 23.1 Å². The van der Waals surface area contributed by atoms with Gasteiger partial charge in [-0.2, -0.15) is 0 Å². The van der Waals surface area contributed by atoms with E-state index in [1.807, 2.05) is 38.1 Å². The average molecular weight is 358 g/mol. The Morgan fingerprint density at radius 2 is 1.85 bits per heavy atom. The lowest BCUT2D eigenvalue weighted by Gasteiger charge is -2.27. The van der Waals surface area contributed by atoms with E-state index in [0.717, 1.165) is 24.2 Å². The molecule has 0 spiro atoms. The van der Waals surface area contributed by atoms with Crippen molar-refractivity contribution < 1.29 is 19.1 Å². The molecule has 2 rings (SSSR count). The summed E-state index contributed by atoms with van der Waals surface area (Å²) in [5.74, 6) is 1.32. The molecule has 1 aliphatic carbocycles. The van der Waals surface area contributed by atoms with Crippen LogP contribution in [-0.4, -0.2) is 24.5 Å². The van der Waals surface area contributed by atoms with Crippen LogP contribution in [0.2, 0.25) is 0 Å². The number of hydrogen-bond donors (Lipinski definition) is 0. The van der Waals surface area contributed by atoms with Crippen molar-refractivity contribution in [3.8, 4) is 5.75 Å². The summed E-state index contributed by atoms with van der Waals surface area (Å²) in [5.41, 5.74) is 0.256. The Labute approximate surface area is 156 Å². The van der Waals surface area contributed by atoms with Gasteiger partial charge in [-0.05, 0) is 49.3 Å². The lowest BCUT2D eigenvalue weighted by Crippen LogP contribution is -2.35. The first-order valence-corrected chi connectivity index (χ1v) is 9.58. The van der Waals surface area contributed by atoms with Crippen LogP contribution in [0.3, 0.4) is 0 Å². The van der Waals surface area contributed by atoms with E-state index in [1.165, 1.54) is 0 Å². The maximum atomic E-state index is 12.4. The number of ketones is 3. The van der Waals surface area contributed by atoms with Crippen LogP contribution in [0.25, 0.3) is 0 Å². The highest BCUT2D eigenvalue weighted by molar-refractivity contribution is 6.13. The number of hydrogen-bond acceptors (Lipinski definition) is 4. The minimum Gasteiger partial charge on any atom is -0.497 e. The Hall–Kier alpha value is -1.97. The molecule has 1 fully saturated rings. The van der Waals surface area contributed by atoms with E-state index in [9.17, 15) is 14.4 Å². The fourth-order valence-electron chi connectivity index (χ4n) is 3.96. The Bertz CT molecular complexity index is 644. The Morgan fingerprint density at radius 3 is 2.46 bits per heavy atom. The van der Waals surface area contributed by atoms with Crippen molar-refractivity contribution in [1.29, 1.82) is 0 Å². The van der Waals surface area contributed by atoms with Gasteiger partial charge in [-0.3, -0.25) is 14.4 Å². The zero-order chi connectivity index (χ0) is 19.2. The number of aryl methyl sites for hydroxylation is 1. The van der Waals surface area contributed by atoms with E-state index in [1.54, 1.807) is 7.11 Å². The van der Waals surface area contributed by atoms with E-state index < -0.39 is 5.41 Å². The number of benzene rings is 1. The molecule has 0 atom stereocenters. The lowest BCUT2D eigenvalue weighted by molar-refractivity contribution is -0.137. The number of carbonyl (C=O) groups excluding carboxylic acids is 3. The maximum Gasteiger partial charge on any atom is 0.146 e. The van der Waals surface area contributed by atoms with Crippen LogP contribution in [0.4, 0.5) is 0 Å². The summed E-state index contributed by atoms with van der Waals surface area (Å²) < 4.78 is 5.21. The second-order valence-electron chi connectivity index (χ2n) is 7.77. The quantitative estimate of drug-likeness (QED) is 0.584. The fraction of sp³-hybridized carbons (Fsp3) is 0.591. The van der Waals surface area contributed by atoms with Crippen LogP contribution in [0.1, 0.15) is 64.4 Å². The molecule has 0 aliphatic heterocycles. The molecule has 1 saturated carbocycles. The van der Waals surface area contributed by atoms with Crippen molar-refractivity contribution in [2.75, 3.05) is 7.11 Å². The minimum atomic E-state index is -0.892. The second-order valence-corrected chi connectivity index (χ2v) is 7.77. The minimum absolute atomic E-state index is 0.0420. The van der Waals surface area contributed by atoms with E-state index in [2.05, 4.69) is 0 Å². The summed E-state index contributed by atoms with van der Waals surface area (Å²) in [5, 5.41) is 0. The number of ether oxygens (including phenoxy) is 1. The molecule has 26 heavy (non-hydrogen) atoms. The summed E-state index contributed by atoms with van der Waals surface area (Å²) in [6.45, 7) is 4.05. The average Bonchev–Trinajstić information content (AvgIpc) is 2.88. The molecule has 1 aromatic carbocycles. The first-order chi connectivity index (χ1) is 12.4. The van der Waals surface area contributed by atoms with E-state index in [-0.39, 0.29) is 23.3 Å². The lowest BCUT2D eigenvalue weighted by atomic mass is 9.73. The van der Waals surface area contributed by atoms with Crippen LogP contribution in [0.15, 0.2) is 24.3 Å². The van der Waals surface area contributed by atoms with Crippen molar-refractivity contribution >= 4 is 17.3 Å². The molecule has 1 aliphatic rings. The van der Waals surface area contributed by atoms with Gasteiger partial charge >= 0.3 is 0 Å². The van der Waals surface area contributed by atoms with Gasteiger partial charge in [0.2, 0.25) is 0 Å². The van der Waals surface area contributed by atoms with Crippen LogP contribution in [-0.2, 0) is 20.8 Å². The predicted molar refractivity (Wildman–Crippen MR) is 101 cm³/mol. The smallest absolute Gasteiger partial charge is 0.146 e. The highest BCUT2D eigenvalue weighted by Gasteiger charge is 2.48. The van der Waals surface area contributed by atoms with E-state index in [0.29, 0.717) is 38.5 Å². The normalized spacial score (nSPS) is 16.3. The molecule has 0 heterocycles. The highest BCUT2D eigenvalue weighted by atomic mass is 16.5. The second kappa shape index (κ2) is 9.11. The highest BCUT2D eigenvalue weighted by Crippen LogP contribution is 2.41. The molecule has 0 saturated heterocycles. The number of carbonyl (C=O) groups is 3. The summed E-state index contributed by atoms with van der Waals surface area (Å²) >= 11 is 0. The van der Waals surface area contributed by atoms with Gasteiger partial charge in [0.25, 0.3) is 0 Å². The van der Waals surface area contributed by atoms with Gasteiger partial charge in [0, 0.05) is 25.7 Å². The van der Waals surface area contributed by atoms with Gasteiger partial charge < -0.3 is 4.74 Å². The Balaban J connectivity index is 1.84. The monoisotopic (exact) mass is 358 g/mol. The first kappa shape index (κ1) is 20.3. The number of rotatable bonds is 10. The van der Waals surface area contributed by atoms with Crippen molar-refractivity contribution in [2.45, 2.75) is 65.2 Å². The molecular formula is C22H30O4. The summed E-state index contributed by atoms with van der Waals surface area (Å²) in [7, 11) is 1.64. The predicted octanol–water partition coefficient (Wildman–Crippen LogP) is 4.33. The van der Waals surface area contributed by atoms with Gasteiger partial charge in [0.15, 0.2) is 0 Å². The Kier molecular flexibility index (Phi) is 7.13. The molecule has 0 unspecified atom stereocenters.